The summed E-state index contributed by atoms with van der Waals surface area (Å²) >= 11 is 5.80. The summed E-state index contributed by atoms with van der Waals surface area (Å²) < 4.78 is 0. The number of imide groups is 1. The normalized spacial score (nSPS) is 12.9. The van der Waals surface area contributed by atoms with Crippen LogP contribution < -0.4 is 10.6 Å². The minimum absolute atomic E-state index is 0.126. The van der Waals surface area contributed by atoms with Gasteiger partial charge in [-0.3, -0.25) is 14.5 Å². The second kappa shape index (κ2) is 7.36. The Kier molecular flexibility index (Phi) is 5.00. The van der Waals surface area contributed by atoms with E-state index in [0.717, 1.165) is 10.5 Å². The summed E-state index contributed by atoms with van der Waals surface area (Å²) in [5.74, 6) is -0.659. The maximum absolute atomic E-state index is 12.2. The van der Waals surface area contributed by atoms with Crippen LogP contribution >= 0.6 is 11.6 Å². The van der Waals surface area contributed by atoms with Gasteiger partial charge in [0.25, 0.3) is 11.8 Å². The SMILES string of the molecule is O=C(NCCN1C(=O)c2ccccc2C1=O)NCc1ccc(Cl)cc1. The Hall–Kier alpha value is -2.86. The highest BCUT2D eigenvalue weighted by atomic mass is 35.5. The number of hydrogen-bond donors (Lipinski definition) is 2. The molecule has 3 rings (SSSR count). The molecule has 0 saturated heterocycles. The van der Waals surface area contributed by atoms with Crippen LogP contribution in [0.5, 0.6) is 0 Å². The van der Waals surface area contributed by atoms with Crippen molar-refractivity contribution in [2.45, 2.75) is 6.54 Å². The lowest BCUT2D eigenvalue weighted by molar-refractivity contribution is 0.0656. The summed E-state index contributed by atoms with van der Waals surface area (Å²) in [4.78, 5) is 37.3. The fourth-order valence-electron chi connectivity index (χ4n) is 2.57. The highest BCUT2D eigenvalue weighted by Crippen LogP contribution is 2.21. The Balaban J connectivity index is 1.45. The van der Waals surface area contributed by atoms with Crippen LogP contribution in [-0.4, -0.2) is 35.8 Å². The van der Waals surface area contributed by atoms with Gasteiger partial charge in [0.05, 0.1) is 11.1 Å². The Morgan fingerprint density at radius 2 is 1.52 bits per heavy atom. The minimum atomic E-state index is -0.369. The number of carbonyl (C=O) groups excluding carboxylic acids is 3. The van der Waals surface area contributed by atoms with Gasteiger partial charge in [-0.15, -0.1) is 0 Å². The second-order valence-corrected chi connectivity index (χ2v) is 5.98. The first-order valence-electron chi connectivity index (χ1n) is 7.77. The molecule has 0 spiro atoms. The highest BCUT2D eigenvalue weighted by Gasteiger charge is 2.34. The zero-order valence-electron chi connectivity index (χ0n) is 13.3. The first kappa shape index (κ1) is 17.0. The standard InChI is InChI=1S/C18H16ClN3O3/c19-13-7-5-12(6-8-13)11-21-18(25)20-9-10-22-16(23)14-3-1-2-4-15(14)17(22)24/h1-8H,9-11H2,(H2,20,21,25). The molecule has 1 aliphatic rings. The third-order valence-corrected chi connectivity index (χ3v) is 4.12. The third kappa shape index (κ3) is 3.80. The van der Waals surface area contributed by atoms with Gasteiger partial charge in [-0.05, 0) is 29.8 Å². The third-order valence-electron chi connectivity index (χ3n) is 3.87. The van der Waals surface area contributed by atoms with Crippen LogP contribution in [0, 0.1) is 0 Å². The maximum Gasteiger partial charge on any atom is 0.315 e. The van der Waals surface area contributed by atoms with Crippen LogP contribution in [0.2, 0.25) is 5.02 Å². The topological polar surface area (TPSA) is 78.5 Å². The molecule has 2 N–H and O–H groups in total. The molecule has 4 amide bonds. The van der Waals surface area contributed by atoms with Gasteiger partial charge in [0.1, 0.15) is 0 Å². The summed E-state index contributed by atoms with van der Waals surface area (Å²) in [5.41, 5.74) is 1.72. The van der Waals surface area contributed by atoms with Crippen LogP contribution in [0.1, 0.15) is 26.3 Å². The molecule has 7 heteroatoms. The Labute approximate surface area is 149 Å². The van der Waals surface area contributed by atoms with Crippen LogP contribution in [0.15, 0.2) is 48.5 Å². The number of fused-ring (bicyclic) bond motifs is 1. The number of benzene rings is 2. The van der Waals surface area contributed by atoms with Crippen molar-refractivity contribution in [2.24, 2.45) is 0 Å². The highest BCUT2D eigenvalue weighted by molar-refractivity contribution is 6.30. The molecule has 0 aliphatic carbocycles. The van der Waals surface area contributed by atoms with Gasteiger partial charge in [-0.1, -0.05) is 35.9 Å². The zero-order valence-corrected chi connectivity index (χ0v) is 14.0. The number of urea groups is 1. The Morgan fingerprint density at radius 1 is 0.920 bits per heavy atom. The molecule has 0 saturated carbocycles. The van der Waals surface area contributed by atoms with Gasteiger partial charge in [0.15, 0.2) is 0 Å². The van der Waals surface area contributed by atoms with E-state index in [1.165, 1.54) is 0 Å². The summed E-state index contributed by atoms with van der Waals surface area (Å²) in [7, 11) is 0. The van der Waals surface area contributed by atoms with Crippen molar-refractivity contribution in [3.05, 3.63) is 70.2 Å². The van der Waals surface area contributed by atoms with Crippen molar-refractivity contribution < 1.29 is 14.4 Å². The molecule has 2 aromatic carbocycles. The van der Waals surface area contributed by atoms with E-state index in [4.69, 9.17) is 11.6 Å². The lowest BCUT2D eigenvalue weighted by atomic mass is 10.1. The van der Waals surface area contributed by atoms with E-state index in [-0.39, 0.29) is 30.9 Å². The molecule has 128 valence electrons. The number of nitrogens with zero attached hydrogens (tertiary/aromatic N) is 1. The fraction of sp³-hybridized carbons (Fsp3) is 0.167. The molecule has 0 aromatic heterocycles. The van der Waals surface area contributed by atoms with Crippen molar-refractivity contribution >= 4 is 29.4 Å². The predicted octanol–water partition coefficient (Wildman–Crippen LogP) is 2.44. The van der Waals surface area contributed by atoms with Crippen molar-refractivity contribution in [3.63, 3.8) is 0 Å². The number of hydrogen-bond acceptors (Lipinski definition) is 3. The van der Waals surface area contributed by atoms with Gasteiger partial charge in [-0.25, -0.2) is 4.79 Å². The number of rotatable bonds is 5. The van der Waals surface area contributed by atoms with Gasteiger partial charge in [-0.2, -0.15) is 0 Å². The lowest BCUT2D eigenvalue weighted by Gasteiger charge is -2.14. The largest absolute Gasteiger partial charge is 0.336 e. The molecule has 25 heavy (non-hydrogen) atoms. The van der Waals surface area contributed by atoms with E-state index in [1.54, 1.807) is 36.4 Å². The van der Waals surface area contributed by atoms with Crippen LogP contribution in [0.25, 0.3) is 0 Å². The van der Waals surface area contributed by atoms with Crippen molar-refractivity contribution in [2.75, 3.05) is 13.1 Å². The van der Waals surface area contributed by atoms with Gasteiger partial charge >= 0.3 is 6.03 Å². The average molecular weight is 358 g/mol. The summed E-state index contributed by atoms with van der Waals surface area (Å²) in [6.07, 6.45) is 0. The zero-order chi connectivity index (χ0) is 17.8. The van der Waals surface area contributed by atoms with E-state index in [1.807, 2.05) is 12.1 Å². The lowest BCUT2D eigenvalue weighted by Crippen LogP contribution is -2.41. The summed E-state index contributed by atoms with van der Waals surface area (Å²) in [6, 6.07) is 13.5. The van der Waals surface area contributed by atoms with Gasteiger partial charge in [0, 0.05) is 24.7 Å². The number of halogens is 1. The molecule has 2 aromatic rings. The number of amides is 4. The molecular weight excluding hydrogens is 342 g/mol. The van der Waals surface area contributed by atoms with Crippen molar-refractivity contribution in [1.82, 2.24) is 15.5 Å². The van der Waals surface area contributed by atoms with Crippen LogP contribution in [0.4, 0.5) is 4.79 Å². The number of carbonyl (C=O) groups is 3. The van der Waals surface area contributed by atoms with Crippen molar-refractivity contribution in [1.29, 1.82) is 0 Å². The van der Waals surface area contributed by atoms with Gasteiger partial charge in [0.2, 0.25) is 0 Å². The molecule has 6 nitrogen and oxygen atoms in total. The van der Waals surface area contributed by atoms with E-state index >= 15 is 0 Å². The molecule has 0 bridgehead atoms. The molecule has 1 heterocycles. The maximum atomic E-state index is 12.2. The molecule has 1 aliphatic heterocycles. The molecule has 0 fully saturated rings. The average Bonchev–Trinajstić information content (AvgIpc) is 2.86. The molecule has 0 radical (unpaired) electrons. The summed E-state index contributed by atoms with van der Waals surface area (Å²) in [6.45, 7) is 0.661. The Morgan fingerprint density at radius 3 is 2.12 bits per heavy atom. The predicted molar refractivity (Wildman–Crippen MR) is 93.5 cm³/mol. The minimum Gasteiger partial charge on any atom is -0.336 e. The first-order chi connectivity index (χ1) is 12.1. The Bertz CT molecular complexity index is 786. The summed E-state index contributed by atoms with van der Waals surface area (Å²) in [5, 5.41) is 5.97. The second-order valence-electron chi connectivity index (χ2n) is 5.54. The fourth-order valence-corrected chi connectivity index (χ4v) is 2.70. The van der Waals surface area contributed by atoms with E-state index in [0.29, 0.717) is 22.7 Å². The van der Waals surface area contributed by atoms with Crippen LogP contribution in [-0.2, 0) is 6.54 Å². The van der Waals surface area contributed by atoms with Gasteiger partial charge < -0.3 is 10.6 Å². The molecule has 0 unspecified atom stereocenters. The molecule has 0 atom stereocenters. The quantitative estimate of drug-likeness (QED) is 0.807. The monoisotopic (exact) mass is 357 g/mol. The van der Waals surface area contributed by atoms with E-state index < -0.39 is 0 Å². The van der Waals surface area contributed by atoms with E-state index in [2.05, 4.69) is 10.6 Å². The molecular formula is C18H16ClN3O3. The first-order valence-corrected chi connectivity index (χ1v) is 8.15. The van der Waals surface area contributed by atoms with Crippen molar-refractivity contribution in [3.8, 4) is 0 Å². The van der Waals surface area contributed by atoms with Crippen LogP contribution in [0.3, 0.4) is 0 Å². The van der Waals surface area contributed by atoms with E-state index in [9.17, 15) is 14.4 Å². The number of nitrogens with one attached hydrogen (secondary N) is 2. The smallest absolute Gasteiger partial charge is 0.315 e.